The minimum atomic E-state index is -0.239. The highest BCUT2D eigenvalue weighted by molar-refractivity contribution is 9.10. The van der Waals surface area contributed by atoms with Crippen LogP contribution in [0.1, 0.15) is 17.5 Å². The maximum Gasteiger partial charge on any atom is 0.254 e. The van der Waals surface area contributed by atoms with E-state index in [2.05, 4.69) is 33.2 Å². The molecule has 3 fully saturated rings. The van der Waals surface area contributed by atoms with E-state index in [9.17, 15) is 9.59 Å². The molecular weight excluding hydrogens is 484 g/mol. The van der Waals surface area contributed by atoms with E-state index in [4.69, 9.17) is 9.47 Å². The summed E-state index contributed by atoms with van der Waals surface area (Å²) in [7, 11) is 1.58. The molecule has 2 bridgehead atoms. The van der Waals surface area contributed by atoms with Gasteiger partial charge in [0, 0.05) is 4.47 Å². The van der Waals surface area contributed by atoms with Crippen LogP contribution in [0.25, 0.3) is 0 Å². The molecule has 33 heavy (non-hydrogen) atoms. The minimum absolute atomic E-state index is 0.160. The molecule has 2 aromatic carbocycles. The SMILES string of the molecule is COc1cc(/C=N\N2C(=O)[C@@H]3[C@H]4C=C[C@@H]([C@@H]5C[C@H]45)[C@@H]3C2=O)ccc1OCc1ccc(Br)cc1. The van der Waals surface area contributed by atoms with Crippen molar-refractivity contribution in [3.8, 4) is 11.5 Å². The molecule has 5 aliphatic rings. The highest BCUT2D eigenvalue weighted by atomic mass is 79.9. The number of ether oxygens (including phenoxy) is 2. The molecule has 7 rings (SSSR count). The first kappa shape index (κ1) is 20.7. The van der Waals surface area contributed by atoms with Crippen LogP contribution in [0, 0.1) is 35.5 Å². The molecule has 2 amide bonds. The fourth-order valence-corrected chi connectivity index (χ4v) is 6.07. The average Bonchev–Trinajstić information content (AvgIpc) is 3.62. The average molecular weight is 507 g/mol. The summed E-state index contributed by atoms with van der Waals surface area (Å²) in [4.78, 5) is 26.1. The van der Waals surface area contributed by atoms with Gasteiger partial charge in [0.1, 0.15) is 6.61 Å². The Hall–Kier alpha value is -2.93. The number of benzene rings is 2. The van der Waals surface area contributed by atoms with E-state index < -0.39 is 0 Å². The molecule has 1 heterocycles. The summed E-state index contributed by atoms with van der Waals surface area (Å²) < 4.78 is 12.4. The Balaban J connectivity index is 1.17. The standard InChI is InChI=1S/C26H23BrN2O4/c1-32-22-10-15(4-9-21(22)33-13-14-2-5-16(27)6-3-14)12-28-29-25(30)23-17-7-8-18(20-11-19(17)20)24(23)26(29)31/h2-10,12,17-20,23-24H,11,13H2,1H3/b28-12-/t17-,18-,19-,20+,23-,24+/m0/s1. The lowest BCUT2D eigenvalue weighted by Gasteiger charge is -2.37. The van der Waals surface area contributed by atoms with E-state index >= 15 is 0 Å². The lowest BCUT2D eigenvalue weighted by Crippen LogP contribution is -2.40. The van der Waals surface area contributed by atoms with Crippen LogP contribution in [0.3, 0.4) is 0 Å². The van der Waals surface area contributed by atoms with Gasteiger partial charge < -0.3 is 9.47 Å². The Morgan fingerprint density at radius 2 is 1.67 bits per heavy atom. The third-order valence-corrected chi connectivity index (χ3v) is 7.99. The molecule has 0 unspecified atom stereocenters. The molecule has 6 atom stereocenters. The van der Waals surface area contributed by atoms with Crippen molar-refractivity contribution >= 4 is 34.0 Å². The third kappa shape index (κ3) is 3.41. The first-order valence-electron chi connectivity index (χ1n) is 11.2. The fraction of sp³-hybridized carbons (Fsp3) is 0.346. The van der Waals surface area contributed by atoms with Crippen molar-refractivity contribution in [3.63, 3.8) is 0 Å². The van der Waals surface area contributed by atoms with Crippen molar-refractivity contribution in [2.45, 2.75) is 13.0 Å². The van der Waals surface area contributed by atoms with E-state index in [0.29, 0.717) is 29.9 Å². The molecule has 2 saturated carbocycles. The molecule has 6 nitrogen and oxygen atoms in total. The van der Waals surface area contributed by atoms with Gasteiger partial charge in [-0.1, -0.05) is 40.2 Å². The minimum Gasteiger partial charge on any atom is -0.493 e. The number of methoxy groups -OCH3 is 1. The topological polar surface area (TPSA) is 68.2 Å². The second-order valence-electron chi connectivity index (χ2n) is 9.21. The van der Waals surface area contributed by atoms with Crippen molar-refractivity contribution in [2.75, 3.05) is 7.11 Å². The van der Waals surface area contributed by atoms with Crippen molar-refractivity contribution in [2.24, 2.45) is 40.6 Å². The van der Waals surface area contributed by atoms with Crippen molar-refractivity contribution < 1.29 is 19.1 Å². The van der Waals surface area contributed by atoms with Gasteiger partial charge in [0.15, 0.2) is 11.5 Å². The second-order valence-corrected chi connectivity index (χ2v) is 10.1. The molecule has 1 aliphatic heterocycles. The zero-order valence-corrected chi connectivity index (χ0v) is 19.6. The highest BCUT2D eigenvalue weighted by Gasteiger charge is 2.67. The molecule has 2 aromatic rings. The number of allylic oxidation sites excluding steroid dienone is 2. The molecule has 4 aliphatic carbocycles. The number of halogens is 1. The van der Waals surface area contributed by atoms with Crippen LogP contribution in [0.5, 0.6) is 11.5 Å². The Bertz CT molecular complexity index is 1160. The molecule has 0 N–H and O–H groups in total. The number of carbonyl (C=O) groups is 2. The summed E-state index contributed by atoms with van der Waals surface area (Å²) in [5.74, 6) is 1.93. The first-order valence-corrected chi connectivity index (χ1v) is 12.0. The molecule has 7 heteroatoms. The van der Waals surface area contributed by atoms with Crippen LogP contribution in [-0.2, 0) is 16.2 Å². The van der Waals surface area contributed by atoms with Crippen molar-refractivity contribution in [1.29, 1.82) is 0 Å². The molecule has 0 aromatic heterocycles. The van der Waals surface area contributed by atoms with E-state index in [-0.39, 0.29) is 35.5 Å². The molecule has 0 spiro atoms. The highest BCUT2D eigenvalue weighted by Crippen LogP contribution is 2.65. The Morgan fingerprint density at radius 1 is 1.00 bits per heavy atom. The number of carbonyl (C=O) groups excluding carboxylic acids is 2. The van der Waals surface area contributed by atoms with Crippen LogP contribution in [0.2, 0.25) is 0 Å². The summed E-state index contributed by atoms with van der Waals surface area (Å²) >= 11 is 3.43. The predicted octanol–water partition coefficient (Wildman–Crippen LogP) is 4.42. The largest absolute Gasteiger partial charge is 0.493 e. The first-order chi connectivity index (χ1) is 16.0. The van der Waals surface area contributed by atoms with Crippen LogP contribution in [0.4, 0.5) is 0 Å². The van der Waals surface area contributed by atoms with Gasteiger partial charge in [-0.3, -0.25) is 9.59 Å². The monoisotopic (exact) mass is 506 g/mol. The van der Waals surface area contributed by atoms with E-state index in [1.807, 2.05) is 36.4 Å². The number of hydrogen-bond acceptors (Lipinski definition) is 5. The summed E-state index contributed by atoms with van der Waals surface area (Å²) in [6.07, 6.45) is 7.02. The summed E-state index contributed by atoms with van der Waals surface area (Å²) in [6.45, 7) is 0.412. The quantitative estimate of drug-likeness (QED) is 0.330. The van der Waals surface area contributed by atoms with Crippen molar-refractivity contribution in [1.82, 2.24) is 5.01 Å². The van der Waals surface area contributed by atoms with Crippen molar-refractivity contribution in [3.05, 3.63) is 70.2 Å². The summed E-state index contributed by atoms with van der Waals surface area (Å²) in [5, 5.41) is 5.40. The number of hydrogen-bond donors (Lipinski definition) is 0. The molecule has 168 valence electrons. The Kier molecular flexibility index (Phi) is 4.91. The lowest BCUT2D eigenvalue weighted by molar-refractivity contribution is -0.140. The molecular formula is C26H23BrN2O4. The smallest absolute Gasteiger partial charge is 0.254 e. The normalized spacial score (nSPS) is 31.2. The maximum atomic E-state index is 13.1. The van der Waals surface area contributed by atoms with Gasteiger partial charge in [-0.2, -0.15) is 10.1 Å². The van der Waals surface area contributed by atoms with Gasteiger partial charge in [-0.15, -0.1) is 0 Å². The van der Waals surface area contributed by atoms with E-state index in [1.165, 1.54) is 0 Å². The van der Waals surface area contributed by atoms with Gasteiger partial charge in [-0.05, 0) is 71.6 Å². The number of nitrogens with zero attached hydrogens (tertiary/aromatic N) is 2. The zero-order chi connectivity index (χ0) is 22.7. The maximum absolute atomic E-state index is 13.1. The van der Waals surface area contributed by atoms with Gasteiger partial charge in [-0.25, -0.2) is 0 Å². The summed E-state index contributed by atoms with van der Waals surface area (Å²) in [5.41, 5.74) is 1.77. The Labute approximate surface area is 200 Å². The van der Waals surface area contributed by atoms with Gasteiger partial charge in [0.25, 0.3) is 11.8 Å². The Morgan fingerprint density at radius 3 is 2.30 bits per heavy atom. The molecule has 0 radical (unpaired) electrons. The van der Waals surface area contributed by atoms with E-state index in [1.54, 1.807) is 19.4 Å². The predicted molar refractivity (Wildman–Crippen MR) is 126 cm³/mol. The number of hydrazone groups is 1. The van der Waals surface area contributed by atoms with Crippen LogP contribution in [-0.4, -0.2) is 30.1 Å². The van der Waals surface area contributed by atoms with Gasteiger partial charge >= 0.3 is 0 Å². The van der Waals surface area contributed by atoms with Crippen LogP contribution < -0.4 is 9.47 Å². The molecule has 1 saturated heterocycles. The fourth-order valence-electron chi connectivity index (χ4n) is 5.80. The lowest BCUT2D eigenvalue weighted by atomic mass is 9.63. The number of imide groups is 1. The third-order valence-electron chi connectivity index (χ3n) is 7.46. The van der Waals surface area contributed by atoms with E-state index in [0.717, 1.165) is 27.0 Å². The zero-order valence-electron chi connectivity index (χ0n) is 18.1. The van der Waals surface area contributed by atoms with Gasteiger partial charge in [0.05, 0.1) is 25.2 Å². The van der Waals surface area contributed by atoms with Crippen LogP contribution in [0.15, 0.2) is 64.2 Å². The number of rotatable bonds is 6. The van der Waals surface area contributed by atoms with Gasteiger partial charge in [0.2, 0.25) is 0 Å². The van der Waals surface area contributed by atoms with Crippen LogP contribution >= 0.6 is 15.9 Å². The number of amides is 2. The second kappa shape index (κ2) is 7.83. The summed E-state index contributed by atoms with van der Waals surface area (Å²) in [6, 6.07) is 13.4.